The Morgan fingerprint density at radius 2 is 1.77 bits per heavy atom. The van der Waals surface area contributed by atoms with Gasteiger partial charge in [0.2, 0.25) is 0 Å². The van der Waals surface area contributed by atoms with Gasteiger partial charge in [0.05, 0.1) is 28.7 Å². The highest BCUT2D eigenvalue weighted by Gasteiger charge is 2.26. The molecule has 230 valence electrons. The van der Waals surface area contributed by atoms with Crippen molar-refractivity contribution in [2.45, 2.75) is 63.6 Å². The largest absolute Gasteiger partial charge is 0.480 e. The van der Waals surface area contributed by atoms with Gasteiger partial charge in [0, 0.05) is 42.9 Å². The van der Waals surface area contributed by atoms with Crippen LogP contribution in [0.5, 0.6) is 0 Å². The molecule has 0 spiro atoms. The number of carbonyl (C=O) groups excluding carboxylic acids is 3. The van der Waals surface area contributed by atoms with E-state index in [9.17, 15) is 28.7 Å². The van der Waals surface area contributed by atoms with Crippen molar-refractivity contribution in [2.75, 3.05) is 31.1 Å². The van der Waals surface area contributed by atoms with Crippen molar-refractivity contribution in [3.05, 3.63) is 63.1 Å². The van der Waals surface area contributed by atoms with Gasteiger partial charge in [0.25, 0.3) is 11.8 Å². The number of piperidine rings is 1. The van der Waals surface area contributed by atoms with Gasteiger partial charge < -0.3 is 20.6 Å². The van der Waals surface area contributed by atoms with E-state index in [1.165, 1.54) is 0 Å². The van der Waals surface area contributed by atoms with Crippen molar-refractivity contribution < 1.29 is 28.7 Å². The third-order valence-corrected chi connectivity index (χ3v) is 8.19. The molecule has 9 nitrogen and oxygen atoms in total. The molecule has 2 aliphatic heterocycles. The number of hydrogen-bond donors (Lipinski definition) is 3. The highest BCUT2D eigenvalue weighted by molar-refractivity contribution is 6.40. The molecule has 0 saturated carbocycles. The minimum absolute atomic E-state index is 0.0293. The van der Waals surface area contributed by atoms with Crippen LogP contribution in [-0.2, 0) is 16.0 Å². The van der Waals surface area contributed by atoms with E-state index in [0.717, 1.165) is 49.3 Å². The van der Waals surface area contributed by atoms with Crippen LogP contribution in [0, 0.1) is 0 Å². The summed E-state index contributed by atoms with van der Waals surface area (Å²) in [5.41, 5.74) is 2.88. The Labute approximate surface area is 259 Å². The maximum absolute atomic E-state index is 13.3. The maximum atomic E-state index is 13.3. The topological polar surface area (TPSA) is 128 Å². The lowest BCUT2D eigenvalue weighted by molar-refractivity contribution is -0.139. The second kappa shape index (κ2) is 15.3. The second-order valence-corrected chi connectivity index (χ2v) is 11.7. The lowest BCUT2D eigenvalue weighted by Crippen LogP contribution is -2.41. The van der Waals surface area contributed by atoms with Crippen LogP contribution in [0.3, 0.4) is 0 Å². The summed E-state index contributed by atoms with van der Waals surface area (Å²) in [6, 6.07) is 8.84. The van der Waals surface area contributed by atoms with Crippen LogP contribution >= 0.6 is 23.2 Å². The number of rotatable bonds is 12. The van der Waals surface area contributed by atoms with Gasteiger partial charge in [-0.25, -0.2) is 9.18 Å². The zero-order chi connectivity index (χ0) is 30.9. The summed E-state index contributed by atoms with van der Waals surface area (Å²) in [5, 5.41) is 14.9. The van der Waals surface area contributed by atoms with Crippen LogP contribution in [0.2, 0.25) is 10.0 Å². The van der Waals surface area contributed by atoms with Gasteiger partial charge in [0.15, 0.2) is 5.78 Å². The first-order valence-electron chi connectivity index (χ1n) is 14.4. The molecule has 2 heterocycles. The Bertz CT molecular complexity index is 1370. The molecule has 0 aliphatic carbocycles. The van der Waals surface area contributed by atoms with E-state index in [1.54, 1.807) is 30.3 Å². The molecule has 12 heteroatoms. The highest BCUT2D eigenvalue weighted by atomic mass is 35.5. The predicted molar refractivity (Wildman–Crippen MR) is 165 cm³/mol. The monoisotopic (exact) mass is 632 g/mol. The number of anilines is 1. The Balaban J connectivity index is 1.27. The number of alkyl halides is 1. The number of nitrogens with one attached hydrogen (secondary N) is 2. The average molecular weight is 634 g/mol. The molecular weight excluding hydrogens is 598 g/mol. The van der Waals surface area contributed by atoms with Crippen LogP contribution in [0.4, 0.5) is 10.1 Å². The first-order valence-corrected chi connectivity index (χ1v) is 15.2. The van der Waals surface area contributed by atoms with Crippen LogP contribution in [-0.4, -0.2) is 72.8 Å². The smallest absolute Gasteiger partial charge is 0.326 e. The van der Waals surface area contributed by atoms with Gasteiger partial charge >= 0.3 is 5.97 Å². The Morgan fingerprint density at radius 1 is 1.05 bits per heavy atom. The minimum Gasteiger partial charge on any atom is -0.480 e. The van der Waals surface area contributed by atoms with E-state index < -0.39 is 35.8 Å². The molecule has 0 radical (unpaired) electrons. The van der Waals surface area contributed by atoms with Gasteiger partial charge in [-0.3, -0.25) is 19.4 Å². The highest BCUT2D eigenvalue weighted by Crippen LogP contribution is 2.32. The van der Waals surface area contributed by atoms with E-state index in [0.29, 0.717) is 24.8 Å². The summed E-state index contributed by atoms with van der Waals surface area (Å²) in [6.07, 6.45) is 3.51. The van der Waals surface area contributed by atoms with Crippen LogP contribution < -0.4 is 15.5 Å². The SMILES string of the molecule is O=C(CC[C@@H](NC(=O)c1c(Cl)cc(N2CCCCC2)cc1Cl)C(=O)O)CNC(=O)c1cccc(CC2=NCC(F)CC2)c1. The fraction of sp³-hybridized carbons (Fsp3) is 0.452. The van der Waals surface area contributed by atoms with Gasteiger partial charge in [-0.05, 0) is 68.4 Å². The normalized spacial score (nSPS) is 17.5. The molecule has 2 amide bonds. The molecule has 2 atom stereocenters. The van der Waals surface area contributed by atoms with E-state index in [2.05, 4.69) is 20.5 Å². The number of halogens is 3. The van der Waals surface area contributed by atoms with E-state index >= 15 is 0 Å². The minimum atomic E-state index is -1.37. The summed E-state index contributed by atoms with van der Waals surface area (Å²) < 4.78 is 13.3. The molecule has 0 aromatic heterocycles. The van der Waals surface area contributed by atoms with Gasteiger partial charge in [-0.1, -0.05) is 35.3 Å². The number of benzene rings is 2. The number of aliphatic imine (C=N–C) groups is 1. The zero-order valence-electron chi connectivity index (χ0n) is 23.7. The van der Waals surface area contributed by atoms with Gasteiger partial charge in [0.1, 0.15) is 12.2 Å². The fourth-order valence-electron chi connectivity index (χ4n) is 5.20. The molecule has 1 unspecified atom stereocenters. The van der Waals surface area contributed by atoms with E-state index in [-0.39, 0.29) is 41.5 Å². The van der Waals surface area contributed by atoms with Crippen LogP contribution in [0.15, 0.2) is 41.4 Å². The molecule has 2 aliphatic rings. The maximum Gasteiger partial charge on any atom is 0.326 e. The van der Waals surface area contributed by atoms with Crippen molar-refractivity contribution in [1.82, 2.24) is 10.6 Å². The van der Waals surface area contributed by atoms with Crippen molar-refractivity contribution in [1.29, 1.82) is 0 Å². The quantitative estimate of drug-likeness (QED) is 0.300. The molecule has 4 rings (SSSR count). The molecule has 2 aromatic carbocycles. The number of amides is 2. The third-order valence-electron chi connectivity index (χ3n) is 7.59. The molecule has 1 fully saturated rings. The first-order chi connectivity index (χ1) is 20.6. The Kier molecular flexibility index (Phi) is 11.5. The Morgan fingerprint density at radius 3 is 2.42 bits per heavy atom. The number of nitrogens with zero attached hydrogens (tertiary/aromatic N) is 2. The first kappa shape index (κ1) is 32.4. The van der Waals surface area contributed by atoms with E-state index in [1.807, 2.05) is 6.07 Å². The summed E-state index contributed by atoms with van der Waals surface area (Å²) >= 11 is 12.8. The number of ketones is 1. The summed E-state index contributed by atoms with van der Waals surface area (Å²) in [7, 11) is 0. The Hall–Kier alpha value is -3.50. The number of carboxylic acid groups (broad SMARTS) is 1. The zero-order valence-corrected chi connectivity index (χ0v) is 25.2. The number of hydrogen-bond acceptors (Lipinski definition) is 6. The molecule has 2 aromatic rings. The van der Waals surface area contributed by atoms with Crippen molar-refractivity contribution in [2.24, 2.45) is 4.99 Å². The van der Waals surface area contributed by atoms with Crippen molar-refractivity contribution >= 4 is 58.2 Å². The second-order valence-electron chi connectivity index (χ2n) is 10.9. The van der Waals surface area contributed by atoms with E-state index in [4.69, 9.17) is 23.2 Å². The fourth-order valence-corrected chi connectivity index (χ4v) is 5.85. The third kappa shape index (κ3) is 9.24. The standard InChI is InChI=1S/C31H35Cl2FN4O5/c32-25-15-23(38-11-2-1-3-12-38)16-26(33)28(25)30(41)37-27(31(42)43)10-9-24(39)18-36-29(40)20-6-4-5-19(13-20)14-22-8-7-21(34)17-35-22/h4-6,13,15-16,21,27H,1-3,7-12,14,17-18H2,(H,36,40)(H,37,41)(H,42,43)/t21?,27-/m1/s1. The summed E-state index contributed by atoms with van der Waals surface area (Å²) in [5.74, 6) is -2.92. The lowest BCUT2D eigenvalue weighted by Gasteiger charge is -2.29. The number of aliphatic carboxylic acids is 1. The molecule has 1 saturated heterocycles. The molecule has 43 heavy (non-hydrogen) atoms. The van der Waals surface area contributed by atoms with Crippen molar-refractivity contribution in [3.8, 4) is 0 Å². The average Bonchev–Trinajstić information content (AvgIpc) is 2.99. The van der Waals surface area contributed by atoms with Gasteiger partial charge in [-0.2, -0.15) is 0 Å². The van der Waals surface area contributed by atoms with Gasteiger partial charge in [-0.15, -0.1) is 0 Å². The van der Waals surface area contributed by atoms with Crippen molar-refractivity contribution in [3.63, 3.8) is 0 Å². The predicted octanol–water partition coefficient (Wildman–Crippen LogP) is 5.06. The molecule has 3 N–H and O–H groups in total. The molecular formula is C31H35Cl2FN4O5. The van der Waals surface area contributed by atoms with Crippen LogP contribution in [0.1, 0.15) is 71.2 Å². The summed E-state index contributed by atoms with van der Waals surface area (Å²) in [4.78, 5) is 56.4. The summed E-state index contributed by atoms with van der Waals surface area (Å²) in [6.45, 7) is 1.58. The number of carboxylic acids is 1. The molecule has 0 bridgehead atoms. The lowest BCUT2D eigenvalue weighted by atomic mass is 9.99. The van der Waals surface area contributed by atoms with Crippen LogP contribution in [0.25, 0.3) is 0 Å². The number of Topliss-reactive ketones (excluding diaryl/α,β-unsaturated/α-hetero) is 1. The number of carbonyl (C=O) groups is 4.